The summed E-state index contributed by atoms with van der Waals surface area (Å²) in [6.45, 7) is 14.7. The molecule has 1 aliphatic heterocycles. The van der Waals surface area contributed by atoms with Crippen molar-refractivity contribution in [3.05, 3.63) is 65.0 Å². The van der Waals surface area contributed by atoms with Gasteiger partial charge in [0.2, 0.25) is 0 Å². The molecule has 1 fully saturated rings. The van der Waals surface area contributed by atoms with Crippen LogP contribution in [0.15, 0.2) is 42.5 Å². The molecule has 3 rings (SSSR count). The average molecular weight is 633 g/mol. The second-order valence-electron chi connectivity index (χ2n) is 11.7. The molecule has 0 N–H and O–H groups in total. The van der Waals surface area contributed by atoms with Gasteiger partial charge in [0.15, 0.2) is 0 Å². The molecule has 0 spiro atoms. The number of thioether (sulfide) groups is 1. The van der Waals surface area contributed by atoms with Crippen LogP contribution in [0, 0.1) is 5.82 Å². The second-order valence-corrected chi connectivity index (χ2v) is 13.1. The van der Waals surface area contributed by atoms with Gasteiger partial charge in [0, 0.05) is 32.8 Å². The lowest BCUT2D eigenvalue weighted by molar-refractivity contribution is -0.149. The lowest BCUT2D eigenvalue weighted by Crippen LogP contribution is -2.55. The van der Waals surface area contributed by atoms with Crippen molar-refractivity contribution in [1.29, 1.82) is 0 Å². The predicted molar refractivity (Wildman–Crippen MR) is 181 cm³/mol. The van der Waals surface area contributed by atoms with E-state index in [0.29, 0.717) is 45.0 Å². The molecule has 1 heterocycles. The minimum absolute atomic E-state index is 0.0380. The van der Waals surface area contributed by atoms with E-state index in [0.717, 1.165) is 74.8 Å². The highest BCUT2D eigenvalue weighted by atomic mass is 32.2. The number of ether oxygens (including phenoxy) is 5. The van der Waals surface area contributed by atoms with Gasteiger partial charge < -0.3 is 23.7 Å². The summed E-state index contributed by atoms with van der Waals surface area (Å²) in [4.78, 5) is 0. The first kappa shape index (κ1) is 36.8. The van der Waals surface area contributed by atoms with Crippen molar-refractivity contribution < 1.29 is 28.1 Å². The molecule has 0 radical (unpaired) electrons. The van der Waals surface area contributed by atoms with Gasteiger partial charge in [-0.15, -0.1) is 11.8 Å². The summed E-state index contributed by atoms with van der Waals surface area (Å²) in [6.07, 6.45) is 8.20. The third kappa shape index (κ3) is 11.6. The Morgan fingerprint density at radius 1 is 0.682 bits per heavy atom. The third-order valence-corrected chi connectivity index (χ3v) is 9.60. The lowest BCUT2D eigenvalue weighted by Gasteiger charge is -2.46. The van der Waals surface area contributed by atoms with Crippen molar-refractivity contribution in [2.45, 2.75) is 121 Å². The summed E-state index contributed by atoms with van der Waals surface area (Å²) >= 11 is 1.85. The number of hydrogen-bond donors (Lipinski definition) is 0. The molecule has 0 aliphatic carbocycles. The summed E-state index contributed by atoms with van der Waals surface area (Å²) in [5.41, 5.74) is 2.79. The summed E-state index contributed by atoms with van der Waals surface area (Å²) in [5.74, 6) is 0.635. The highest BCUT2D eigenvalue weighted by molar-refractivity contribution is 8.00. The standard InChI is InChI=1S/C37H57FO5S/c1-6-11-21-39-27-33-34(41-22-12-7-2)35(42-23-13-8-3)36(43-24-14-9-4)37(44-33)29-17-20-32(38)30(26-29)25-28-15-18-31(19-16-28)40-10-5/h15-20,26,33-37H,6-14,21-25,27H2,1-5H3/t33-,34-,35+,36-,37+/m1/s1. The molecule has 0 aromatic heterocycles. The molecule has 44 heavy (non-hydrogen) atoms. The monoisotopic (exact) mass is 632 g/mol. The molecule has 0 saturated carbocycles. The van der Waals surface area contributed by atoms with E-state index in [9.17, 15) is 0 Å². The van der Waals surface area contributed by atoms with Gasteiger partial charge in [0.25, 0.3) is 0 Å². The van der Waals surface area contributed by atoms with Crippen LogP contribution >= 0.6 is 11.8 Å². The molecular formula is C37H57FO5S. The maximum absolute atomic E-state index is 15.3. The zero-order valence-corrected chi connectivity index (χ0v) is 28.7. The Kier molecular flexibility index (Phi) is 17.8. The van der Waals surface area contributed by atoms with Gasteiger partial charge in [0.1, 0.15) is 29.9 Å². The van der Waals surface area contributed by atoms with Crippen LogP contribution in [0.25, 0.3) is 0 Å². The van der Waals surface area contributed by atoms with Crippen molar-refractivity contribution in [2.75, 3.05) is 39.6 Å². The van der Waals surface area contributed by atoms with E-state index >= 15 is 4.39 Å². The zero-order chi connectivity index (χ0) is 31.6. The molecule has 2 aromatic rings. The van der Waals surface area contributed by atoms with Gasteiger partial charge in [-0.3, -0.25) is 0 Å². The summed E-state index contributed by atoms with van der Waals surface area (Å²) < 4.78 is 47.1. The first-order valence-electron chi connectivity index (χ1n) is 17.1. The molecule has 7 heteroatoms. The number of halogens is 1. The number of benzene rings is 2. The van der Waals surface area contributed by atoms with Crippen molar-refractivity contribution in [3.8, 4) is 5.75 Å². The summed E-state index contributed by atoms with van der Waals surface area (Å²) in [7, 11) is 0. The topological polar surface area (TPSA) is 46.2 Å². The first-order valence-corrected chi connectivity index (χ1v) is 18.1. The van der Waals surface area contributed by atoms with Gasteiger partial charge in [-0.05, 0) is 67.5 Å². The van der Waals surface area contributed by atoms with Crippen LogP contribution < -0.4 is 4.74 Å². The van der Waals surface area contributed by atoms with Crippen molar-refractivity contribution in [2.24, 2.45) is 0 Å². The quantitative estimate of drug-likeness (QED) is 0.121. The SMILES string of the molecule is CCCCOC[C@H]1S[C@@H](c2ccc(F)c(Cc3ccc(OCC)cc3)c2)[C@H](OCCCC)[C@@H](OCCCC)[C@@H]1OCCCC. The van der Waals surface area contributed by atoms with E-state index in [2.05, 4.69) is 27.7 Å². The Hall–Kier alpha value is -1.64. The molecule has 0 bridgehead atoms. The van der Waals surface area contributed by atoms with E-state index < -0.39 is 0 Å². The van der Waals surface area contributed by atoms with Gasteiger partial charge in [-0.25, -0.2) is 4.39 Å². The maximum Gasteiger partial charge on any atom is 0.126 e. The Morgan fingerprint density at radius 2 is 1.27 bits per heavy atom. The van der Waals surface area contributed by atoms with Crippen molar-refractivity contribution in [3.63, 3.8) is 0 Å². The molecule has 248 valence electrons. The van der Waals surface area contributed by atoms with E-state index in [1.165, 1.54) is 0 Å². The number of rotatable bonds is 22. The van der Waals surface area contributed by atoms with E-state index in [-0.39, 0.29) is 34.6 Å². The predicted octanol–water partition coefficient (Wildman–Crippen LogP) is 9.34. The van der Waals surface area contributed by atoms with Gasteiger partial charge in [-0.1, -0.05) is 77.6 Å². The molecule has 2 aromatic carbocycles. The molecule has 5 nitrogen and oxygen atoms in total. The van der Waals surface area contributed by atoms with Crippen LogP contribution in [0.4, 0.5) is 4.39 Å². The van der Waals surface area contributed by atoms with Gasteiger partial charge in [0.05, 0.1) is 23.7 Å². The Morgan fingerprint density at radius 3 is 1.89 bits per heavy atom. The van der Waals surface area contributed by atoms with Crippen LogP contribution in [0.5, 0.6) is 5.75 Å². The highest BCUT2D eigenvalue weighted by Gasteiger charge is 2.48. The van der Waals surface area contributed by atoms with Crippen molar-refractivity contribution in [1.82, 2.24) is 0 Å². The number of unbranched alkanes of at least 4 members (excludes halogenated alkanes) is 4. The second kappa shape index (κ2) is 21.2. The van der Waals surface area contributed by atoms with Crippen molar-refractivity contribution >= 4 is 11.8 Å². The fraction of sp³-hybridized carbons (Fsp3) is 0.676. The molecule has 0 amide bonds. The van der Waals surface area contributed by atoms with Crippen LogP contribution in [0.2, 0.25) is 0 Å². The highest BCUT2D eigenvalue weighted by Crippen LogP contribution is 2.47. The molecule has 1 aliphatic rings. The normalized spacial score (nSPS) is 21.9. The lowest BCUT2D eigenvalue weighted by atomic mass is 9.94. The minimum atomic E-state index is -0.235. The summed E-state index contributed by atoms with van der Waals surface area (Å²) in [6, 6.07) is 13.5. The van der Waals surface area contributed by atoms with E-state index in [1.807, 2.05) is 55.1 Å². The maximum atomic E-state index is 15.3. The molecule has 5 atom stereocenters. The smallest absolute Gasteiger partial charge is 0.126 e. The minimum Gasteiger partial charge on any atom is -0.494 e. The zero-order valence-electron chi connectivity index (χ0n) is 27.9. The summed E-state index contributed by atoms with van der Waals surface area (Å²) in [5, 5.41) is 0.0370. The van der Waals surface area contributed by atoms with Crippen LogP contribution in [-0.2, 0) is 25.4 Å². The van der Waals surface area contributed by atoms with Gasteiger partial charge in [-0.2, -0.15) is 0 Å². The van der Waals surface area contributed by atoms with Crippen LogP contribution in [0.3, 0.4) is 0 Å². The Balaban J connectivity index is 1.96. The fourth-order valence-corrected chi connectivity index (χ4v) is 7.06. The van der Waals surface area contributed by atoms with Crippen LogP contribution in [-0.4, -0.2) is 63.2 Å². The largest absolute Gasteiger partial charge is 0.494 e. The van der Waals surface area contributed by atoms with Crippen LogP contribution in [0.1, 0.15) is 108 Å². The average Bonchev–Trinajstić information content (AvgIpc) is 3.03. The van der Waals surface area contributed by atoms with E-state index in [1.54, 1.807) is 6.07 Å². The molecule has 1 saturated heterocycles. The van der Waals surface area contributed by atoms with E-state index in [4.69, 9.17) is 23.7 Å². The third-order valence-electron chi connectivity index (χ3n) is 8.01. The molecular weight excluding hydrogens is 575 g/mol. The number of hydrogen-bond acceptors (Lipinski definition) is 6. The Labute approximate surface area is 270 Å². The molecule has 0 unspecified atom stereocenters. The first-order chi connectivity index (χ1) is 21.6. The van der Waals surface area contributed by atoms with Gasteiger partial charge >= 0.3 is 0 Å². The Bertz CT molecular complexity index is 1040. The fourth-order valence-electron chi connectivity index (χ4n) is 5.42.